The molecule has 0 aliphatic carbocycles. The Hall–Kier alpha value is -1.22. The van der Waals surface area contributed by atoms with Gasteiger partial charge in [-0.15, -0.1) is 0 Å². The van der Waals surface area contributed by atoms with Crippen LogP contribution in [0.1, 0.15) is 23.7 Å². The third-order valence-electron chi connectivity index (χ3n) is 1.95. The fraction of sp³-hybridized carbons (Fsp3) is 0.364. The molecular formula is C11H14ClNO2. The maximum absolute atomic E-state index is 11.4. The Kier molecular flexibility index (Phi) is 4.43. The lowest BCUT2D eigenvalue weighted by Crippen LogP contribution is -2.08. The van der Waals surface area contributed by atoms with E-state index in [1.807, 2.05) is 0 Å². The molecule has 0 saturated carbocycles. The van der Waals surface area contributed by atoms with Gasteiger partial charge in [0, 0.05) is 11.6 Å². The molecule has 1 rings (SSSR count). The first kappa shape index (κ1) is 11.9. The number of methoxy groups -OCH3 is 1. The van der Waals surface area contributed by atoms with E-state index in [2.05, 4.69) is 17.0 Å². The van der Waals surface area contributed by atoms with E-state index in [1.54, 1.807) is 18.2 Å². The van der Waals surface area contributed by atoms with Crippen molar-refractivity contribution in [1.82, 2.24) is 0 Å². The molecule has 0 aliphatic heterocycles. The fourth-order valence-electron chi connectivity index (χ4n) is 1.21. The summed E-state index contributed by atoms with van der Waals surface area (Å²) >= 11 is 5.85. The lowest BCUT2D eigenvalue weighted by molar-refractivity contribution is 0.0602. The number of ether oxygens (including phenoxy) is 1. The molecule has 4 heteroatoms. The van der Waals surface area contributed by atoms with Gasteiger partial charge >= 0.3 is 5.97 Å². The highest BCUT2D eigenvalue weighted by molar-refractivity contribution is 6.31. The number of hydrogen-bond donors (Lipinski definition) is 1. The van der Waals surface area contributed by atoms with Gasteiger partial charge in [-0.2, -0.15) is 0 Å². The molecule has 0 spiro atoms. The minimum absolute atomic E-state index is 0.356. The Morgan fingerprint density at radius 1 is 1.53 bits per heavy atom. The second kappa shape index (κ2) is 5.61. The van der Waals surface area contributed by atoms with Crippen LogP contribution in [0, 0.1) is 0 Å². The Balaban J connectivity index is 2.97. The predicted molar refractivity (Wildman–Crippen MR) is 61.6 cm³/mol. The van der Waals surface area contributed by atoms with E-state index in [-0.39, 0.29) is 5.97 Å². The maximum Gasteiger partial charge on any atom is 0.339 e. The van der Waals surface area contributed by atoms with Crippen molar-refractivity contribution in [2.45, 2.75) is 13.3 Å². The quantitative estimate of drug-likeness (QED) is 0.804. The van der Waals surface area contributed by atoms with Crippen LogP contribution in [0.4, 0.5) is 5.69 Å². The summed E-state index contributed by atoms with van der Waals surface area (Å²) in [5, 5.41) is 3.73. The zero-order valence-corrected chi connectivity index (χ0v) is 9.60. The second-order valence-electron chi connectivity index (χ2n) is 3.11. The van der Waals surface area contributed by atoms with Crippen molar-refractivity contribution in [1.29, 1.82) is 0 Å². The van der Waals surface area contributed by atoms with Crippen molar-refractivity contribution in [3.8, 4) is 0 Å². The molecule has 1 aromatic carbocycles. The van der Waals surface area contributed by atoms with E-state index >= 15 is 0 Å². The van der Waals surface area contributed by atoms with Gasteiger partial charge in [0.15, 0.2) is 0 Å². The van der Waals surface area contributed by atoms with Gasteiger partial charge in [-0.05, 0) is 24.6 Å². The topological polar surface area (TPSA) is 38.3 Å². The number of carbonyl (C=O) groups excluding carboxylic acids is 1. The number of hydrogen-bond acceptors (Lipinski definition) is 3. The van der Waals surface area contributed by atoms with Crippen LogP contribution >= 0.6 is 11.6 Å². The van der Waals surface area contributed by atoms with Gasteiger partial charge in [0.05, 0.1) is 18.4 Å². The molecular weight excluding hydrogens is 214 g/mol. The van der Waals surface area contributed by atoms with E-state index in [1.165, 1.54) is 7.11 Å². The molecule has 0 radical (unpaired) electrons. The first-order valence-corrected chi connectivity index (χ1v) is 5.18. The summed E-state index contributed by atoms with van der Waals surface area (Å²) in [5.74, 6) is -0.356. The van der Waals surface area contributed by atoms with Gasteiger partial charge in [0.25, 0.3) is 0 Å². The predicted octanol–water partition coefficient (Wildman–Crippen LogP) is 2.95. The number of nitrogens with one attached hydrogen (secondary N) is 1. The van der Waals surface area contributed by atoms with Crippen LogP contribution in [0.25, 0.3) is 0 Å². The largest absolute Gasteiger partial charge is 0.465 e. The summed E-state index contributed by atoms with van der Waals surface area (Å²) in [6, 6.07) is 5.06. The average Bonchev–Trinajstić information content (AvgIpc) is 2.25. The fourth-order valence-corrected chi connectivity index (χ4v) is 1.38. The number of esters is 1. The highest BCUT2D eigenvalue weighted by Crippen LogP contribution is 2.21. The minimum Gasteiger partial charge on any atom is -0.465 e. The summed E-state index contributed by atoms with van der Waals surface area (Å²) < 4.78 is 4.67. The van der Waals surface area contributed by atoms with Gasteiger partial charge < -0.3 is 10.1 Å². The molecule has 82 valence electrons. The zero-order valence-electron chi connectivity index (χ0n) is 8.84. The molecule has 0 bridgehead atoms. The SMILES string of the molecule is CCCNc1cc(Cl)ccc1C(=O)OC. The average molecular weight is 228 g/mol. The van der Waals surface area contributed by atoms with Crippen molar-refractivity contribution in [3.63, 3.8) is 0 Å². The standard InChI is InChI=1S/C11H14ClNO2/c1-3-6-13-10-7-8(12)4-5-9(10)11(14)15-2/h4-5,7,13H,3,6H2,1-2H3. The molecule has 0 fully saturated rings. The van der Waals surface area contributed by atoms with E-state index < -0.39 is 0 Å². The second-order valence-corrected chi connectivity index (χ2v) is 3.54. The van der Waals surface area contributed by atoms with Gasteiger partial charge in [-0.3, -0.25) is 0 Å². The maximum atomic E-state index is 11.4. The number of carbonyl (C=O) groups is 1. The van der Waals surface area contributed by atoms with Crippen LogP contribution in [0.5, 0.6) is 0 Å². The molecule has 0 aromatic heterocycles. The highest BCUT2D eigenvalue weighted by atomic mass is 35.5. The third kappa shape index (κ3) is 3.13. The monoisotopic (exact) mass is 227 g/mol. The molecule has 0 heterocycles. The summed E-state index contributed by atoms with van der Waals surface area (Å²) in [6.45, 7) is 2.85. The van der Waals surface area contributed by atoms with Crippen molar-refractivity contribution < 1.29 is 9.53 Å². The van der Waals surface area contributed by atoms with Crippen LogP contribution in [0.15, 0.2) is 18.2 Å². The van der Waals surface area contributed by atoms with Gasteiger partial charge in [0.1, 0.15) is 0 Å². The zero-order chi connectivity index (χ0) is 11.3. The smallest absolute Gasteiger partial charge is 0.339 e. The Morgan fingerprint density at radius 2 is 2.27 bits per heavy atom. The normalized spacial score (nSPS) is 9.80. The van der Waals surface area contributed by atoms with Crippen LogP contribution in [-0.2, 0) is 4.74 Å². The first-order valence-electron chi connectivity index (χ1n) is 4.80. The van der Waals surface area contributed by atoms with Crippen molar-refractivity contribution in [2.75, 3.05) is 19.0 Å². The van der Waals surface area contributed by atoms with Crippen LogP contribution < -0.4 is 5.32 Å². The van der Waals surface area contributed by atoms with E-state index in [0.29, 0.717) is 10.6 Å². The summed E-state index contributed by atoms with van der Waals surface area (Å²) in [6.07, 6.45) is 0.979. The van der Waals surface area contributed by atoms with Crippen molar-refractivity contribution >= 4 is 23.3 Å². The van der Waals surface area contributed by atoms with Crippen molar-refractivity contribution in [3.05, 3.63) is 28.8 Å². The molecule has 0 amide bonds. The number of rotatable bonds is 4. The summed E-state index contributed by atoms with van der Waals surface area (Å²) in [5.41, 5.74) is 1.23. The van der Waals surface area contributed by atoms with Gasteiger partial charge in [0.2, 0.25) is 0 Å². The van der Waals surface area contributed by atoms with E-state index in [9.17, 15) is 4.79 Å². The van der Waals surface area contributed by atoms with Crippen LogP contribution in [0.3, 0.4) is 0 Å². The number of anilines is 1. The Bertz CT molecular complexity index is 352. The van der Waals surface area contributed by atoms with E-state index in [0.717, 1.165) is 18.7 Å². The Labute approximate surface area is 94.4 Å². The van der Waals surface area contributed by atoms with Gasteiger partial charge in [-0.1, -0.05) is 18.5 Å². The summed E-state index contributed by atoms with van der Waals surface area (Å²) in [7, 11) is 1.36. The van der Waals surface area contributed by atoms with Gasteiger partial charge in [-0.25, -0.2) is 4.79 Å². The van der Waals surface area contributed by atoms with Crippen LogP contribution in [0.2, 0.25) is 5.02 Å². The minimum atomic E-state index is -0.356. The molecule has 0 atom stereocenters. The third-order valence-corrected chi connectivity index (χ3v) is 2.19. The number of benzene rings is 1. The number of halogens is 1. The summed E-state index contributed by atoms with van der Waals surface area (Å²) in [4.78, 5) is 11.4. The molecule has 1 N–H and O–H groups in total. The lowest BCUT2D eigenvalue weighted by Gasteiger charge is -2.10. The molecule has 0 aliphatic rings. The van der Waals surface area contributed by atoms with Crippen LogP contribution in [-0.4, -0.2) is 19.6 Å². The first-order chi connectivity index (χ1) is 7.19. The molecule has 1 aromatic rings. The molecule has 3 nitrogen and oxygen atoms in total. The molecule has 0 saturated heterocycles. The lowest BCUT2D eigenvalue weighted by atomic mass is 10.2. The highest BCUT2D eigenvalue weighted by Gasteiger charge is 2.11. The Morgan fingerprint density at radius 3 is 2.87 bits per heavy atom. The molecule has 15 heavy (non-hydrogen) atoms. The van der Waals surface area contributed by atoms with E-state index in [4.69, 9.17) is 11.6 Å². The molecule has 0 unspecified atom stereocenters. The van der Waals surface area contributed by atoms with Crippen molar-refractivity contribution in [2.24, 2.45) is 0 Å².